The molecule has 0 fully saturated rings. The topological polar surface area (TPSA) is 113 Å². The smallest absolute Gasteiger partial charge is 0.328 e. The lowest BCUT2D eigenvalue weighted by Crippen LogP contribution is -1.99. The van der Waals surface area contributed by atoms with Crippen LogP contribution in [0.15, 0.2) is 48.6 Å². The zero-order chi connectivity index (χ0) is 20.0. The van der Waals surface area contributed by atoms with Crippen LogP contribution in [0.25, 0.3) is 11.6 Å². The summed E-state index contributed by atoms with van der Waals surface area (Å²) >= 11 is 0. The Bertz CT molecular complexity index is 926. The largest absolute Gasteiger partial charge is 0.504 e. The quantitative estimate of drug-likeness (QED) is 0.642. The molecule has 0 atom stereocenters. The van der Waals surface area contributed by atoms with Crippen molar-refractivity contribution in [2.24, 2.45) is 0 Å². The summed E-state index contributed by atoms with van der Waals surface area (Å²) in [6.07, 6.45) is 3.42. The molecule has 7 heteroatoms. The second-order valence-electron chi connectivity index (χ2n) is 5.41. The van der Waals surface area contributed by atoms with E-state index in [-0.39, 0.29) is 11.5 Å². The van der Waals surface area contributed by atoms with Crippen LogP contribution in [0.4, 0.5) is 0 Å². The third kappa shape index (κ3) is 4.88. The maximum atomic E-state index is 11.3. The van der Waals surface area contributed by atoms with E-state index in [1.165, 1.54) is 32.4 Å². The number of carbonyl (C=O) groups is 2. The average Bonchev–Trinajstić information content (AvgIpc) is 2.64. The number of hydrogen-bond donors (Lipinski definition) is 3. The van der Waals surface area contributed by atoms with Gasteiger partial charge in [-0.25, -0.2) is 9.59 Å². The zero-order valence-corrected chi connectivity index (χ0v) is 14.7. The molecule has 0 saturated carbocycles. The number of carboxylic acids is 2. The second-order valence-corrected chi connectivity index (χ2v) is 5.41. The minimum atomic E-state index is -1.16. The molecule has 0 heterocycles. The molecule has 0 spiro atoms. The van der Waals surface area contributed by atoms with Gasteiger partial charge in [0.25, 0.3) is 0 Å². The van der Waals surface area contributed by atoms with Crippen molar-refractivity contribution < 1.29 is 34.4 Å². The Morgan fingerprint density at radius 1 is 0.926 bits per heavy atom. The molecule has 0 aliphatic heterocycles. The molecule has 0 radical (unpaired) electrons. The predicted molar refractivity (Wildman–Crippen MR) is 99.0 cm³/mol. The van der Waals surface area contributed by atoms with Gasteiger partial charge in [0.2, 0.25) is 0 Å². The highest BCUT2D eigenvalue weighted by molar-refractivity contribution is 5.97. The molecule has 7 nitrogen and oxygen atoms in total. The van der Waals surface area contributed by atoms with Crippen molar-refractivity contribution in [2.45, 2.75) is 0 Å². The van der Waals surface area contributed by atoms with Gasteiger partial charge < -0.3 is 24.8 Å². The number of carboxylic acid groups (broad SMARTS) is 2. The SMILES string of the molecule is COc1cc(/C(=C/C(=O)O)c2ccc(/C=C/C(=O)O)cc2OC)ccc1O. The molecule has 0 amide bonds. The molecule has 0 unspecified atom stereocenters. The Labute approximate surface area is 155 Å². The molecule has 0 bridgehead atoms. The van der Waals surface area contributed by atoms with Crippen LogP contribution in [0.1, 0.15) is 16.7 Å². The van der Waals surface area contributed by atoms with E-state index in [0.29, 0.717) is 28.0 Å². The minimum Gasteiger partial charge on any atom is -0.504 e. The Hall–Kier alpha value is -3.74. The van der Waals surface area contributed by atoms with Crippen molar-refractivity contribution in [2.75, 3.05) is 14.2 Å². The van der Waals surface area contributed by atoms with Crippen LogP contribution < -0.4 is 9.47 Å². The first-order valence-corrected chi connectivity index (χ1v) is 7.77. The number of benzene rings is 2. The van der Waals surface area contributed by atoms with Crippen LogP contribution >= 0.6 is 0 Å². The van der Waals surface area contributed by atoms with Gasteiger partial charge in [-0.3, -0.25) is 0 Å². The maximum absolute atomic E-state index is 11.3. The zero-order valence-electron chi connectivity index (χ0n) is 14.7. The third-order valence-corrected chi connectivity index (χ3v) is 3.69. The first-order valence-electron chi connectivity index (χ1n) is 7.77. The lowest BCUT2D eigenvalue weighted by molar-refractivity contribution is -0.132. The standard InChI is InChI=1S/C20H18O7/c1-26-17-9-12(4-8-19(22)23)3-6-14(17)15(11-20(24)25)13-5-7-16(21)18(10-13)27-2/h3-11,21H,1-2H3,(H,22,23)(H,24,25)/b8-4+,15-11-. The highest BCUT2D eigenvalue weighted by atomic mass is 16.5. The van der Waals surface area contributed by atoms with Crippen molar-refractivity contribution in [3.8, 4) is 17.2 Å². The van der Waals surface area contributed by atoms with Crippen LogP contribution in [0.3, 0.4) is 0 Å². The van der Waals surface area contributed by atoms with Crippen LogP contribution in [-0.4, -0.2) is 41.5 Å². The van der Waals surface area contributed by atoms with Crippen molar-refractivity contribution in [1.29, 1.82) is 0 Å². The summed E-state index contributed by atoms with van der Waals surface area (Å²) in [5.74, 6) is -1.75. The number of hydrogen-bond acceptors (Lipinski definition) is 5. The van der Waals surface area contributed by atoms with Crippen molar-refractivity contribution >= 4 is 23.6 Å². The van der Waals surface area contributed by atoms with E-state index in [1.54, 1.807) is 24.3 Å². The van der Waals surface area contributed by atoms with Gasteiger partial charge in [0.15, 0.2) is 11.5 Å². The Morgan fingerprint density at radius 3 is 2.22 bits per heavy atom. The Kier molecular flexibility index (Phi) is 6.22. The molecular weight excluding hydrogens is 352 g/mol. The summed E-state index contributed by atoms with van der Waals surface area (Å²) in [6.45, 7) is 0. The third-order valence-electron chi connectivity index (χ3n) is 3.69. The van der Waals surface area contributed by atoms with Gasteiger partial charge in [-0.15, -0.1) is 0 Å². The van der Waals surface area contributed by atoms with Crippen molar-refractivity contribution in [3.05, 3.63) is 65.2 Å². The van der Waals surface area contributed by atoms with E-state index >= 15 is 0 Å². The normalized spacial score (nSPS) is 11.4. The van der Waals surface area contributed by atoms with Crippen molar-refractivity contribution in [1.82, 2.24) is 0 Å². The fourth-order valence-corrected chi connectivity index (χ4v) is 2.49. The lowest BCUT2D eigenvalue weighted by atomic mass is 9.95. The highest BCUT2D eigenvalue weighted by Crippen LogP contribution is 2.36. The summed E-state index contributed by atoms with van der Waals surface area (Å²) in [6, 6.07) is 9.35. The summed E-state index contributed by atoms with van der Waals surface area (Å²) in [4.78, 5) is 22.0. The van der Waals surface area contributed by atoms with Gasteiger partial charge in [0, 0.05) is 17.7 Å². The molecule has 0 aromatic heterocycles. The number of methoxy groups -OCH3 is 2. The van der Waals surface area contributed by atoms with Crippen LogP contribution in [-0.2, 0) is 9.59 Å². The number of phenols is 1. The molecule has 140 valence electrons. The summed E-state index contributed by atoms with van der Waals surface area (Å²) in [7, 11) is 2.82. The first kappa shape index (κ1) is 19.6. The fraction of sp³-hybridized carbons (Fsp3) is 0.100. The molecule has 0 saturated heterocycles. The van der Waals surface area contributed by atoms with Crippen LogP contribution in [0.2, 0.25) is 0 Å². The first-order chi connectivity index (χ1) is 12.8. The average molecular weight is 370 g/mol. The van der Waals surface area contributed by atoms with E-state index in [1.807, 2.05) is 0 Å². The van der Waals surface area contributed by atoms with E-state index < -0.39 is 11.9 Å². The number of ether oxygens (including phenoxy) is 2. The fourth-order valence-electron chi connectivity index (χ4n) is 2.49. The Balaban J connectivity index is 2.61. The molecule has 2 aromatic carbocycles. The van der Waals surface area contributed by atoms with E-state index in [9.17, 15) is 19.8 Å². The molecule has 0 aliphatic rings. The molecule has 2 rings (SSSR count). The molecular formula is C20H18O7. The van der Waals surface area contributed by atoms with Gasteiger partial charge in [0.1, 0.15) is 5.75 Å². The van der Waals surface area contributed by atoms with Crippen LogP contribution in [0, 0.1) is 0 Å². The van der Waals surface area contributed by atoms with Gasteiger partial charge in [-0.05, 0) is 41.0 Å². The van der Waals surface area contributed by atoms with Crippen LogP contribution in [0.5, 0.6) is 17.2 Å². The summed E-state index contributed by atoms with van der Waals surface area (Å²) in [5.41, 5.74) is 1.90. The summed E-state index contributed by atoms with van der Waals surface area (Å²) in [5, 5.41) is 27.8. The van der Waals surface area contributed by atoms with E-state index in [0.717, 1.165) is 12.2 Å². The number of rotatable bonds is 7. The molecule has 3 N–H and O–H groups in total. The van der Waals surface area contributed by atoms with E-state index in [4.69, 9.17) is 14.6 Å². The number of phenolic OH excluding ortho intramolecular Hbond substituents is 1. The molecule has 27 heavy (non-hydrogen) atoms. The second kappa shape index (κ2) is 8.57. The highest BCUT2D eigenvalue weighted by Gasteiger charge is 2.15. The van der Waals surface area contributed by atoms with E-state index in [2.05, 4.69) is 0 Å². The number of aromatic hydroxyl groups is 1. The van der Waals surface area contributed by atoms with Gasteiger partial charge in [0.05, 0.1) is 14.2 Å². The van der Waals surface area contributed by atoms with Gasteiger partial charge in [-0.1, -0.05) is 18.2 Å². The molecule has 0 aliphatic carbocycles. The predicted octanol–water partition coefficient (Wildman–Crippen LogP) is 3.02. The van der Waals surface area contributed by atoms with Gasteiger partial charge in [-0.2, -0.15) is 0 Å². The monoisotopic (exact) mass is 370 g/mol. The minimum absolute atomic E-state index is 0.0722. The molecule has 2 aromatic rings. The number of aliphatic carboxylic acids is 2. The maximum Gasteiger partial charge on any atom is 0.328 e. The van der Waals surface area contributed by atoms with Gasteiger partial charge >= 0.3 is 11.9 Å². The van der Waals surface area contributed by atoms with Crippen molar-refractivity contribution in [3.63, 3.8) is 0 Å². The lowest BCUT2D eigenvalue weighted by Gasteiger charge is -2.14. The Morgan fingerprint density at radius 2 is 1.63 bits per heavy atom. The summed E-state index contributed by atoms with van der Waals surface area (Å²) < 4.78 is 10.4.